The Morgan fingerprint density at radius 3 is 2.69 bits per heavy atom. The molecule has 180 valence electrons. The molecule has 0 saturated heterocycles. The standard InChI is InChI=1S/C26H28N6O3/c1-18-8-6-12-22(19(18)2)32(24(33)17-31-23-11-5-4-10-21(23)29-30-31)25(20-9-7-13-27-16-20)26(34)28-14-15-35-3/h4-13,16,25H,14-15,17H2,1-3H3,(H,28,34). The number of pyridine rings is 1. The lowest BCUT2D eigenvalue weighted by atomic mass is 10.0. The van der Waals surface area contributed by atoms with Gasteiger partial charge in [0.15, 0.2) is 0 Å². The number of aryl methyl sites for hydroxylation is 1. The number of carbonyl (C=O) groups is 2. The average Bonchev–Trinajstić information content (AvgIpc) is 3.27. The van der Waals surface area contributed by atoms with Crippen molar-refractivity contribution in [3.63, 3.8) is 0 Å². The SMILES string of the molecule is COCCNC(=O)C(c1cccnc1)N(C(=O)Cn1nnc2ccccc21)c1cccc(C)c1C. The van der Waals surface area contributed by atoms with E-state index in [2.05, 4.69) is 20.6 Å². The van der Waals surface area contributed by atoms with Gasteiger partial charge in [0.25, 0.3) is 0 Å². The number of rotatable bonds is 9. The highest BCUT2D eigenvalue weighted by atomic mass is 16.5. The molecule has 2 aromatic carbocycles. The monoisotopic (exact) mass is 472 g/mol. The third-order valence-electron chi connectivity index (χ3n) is 5.92. The molecule has 0 aliphatic rings. The Labute approximate surface area is 203 Å². The van der Waals surface area contributed by atoms with Gasteiger partial charge >= 0.3 is 0 Å². The van der Waals surface area contributed by atoms with Crippen LogP contribution in [0.25, 0.3) is 11.0 Å². The summed E-state index contributed by atoms with van der Waals surface area (Å²) in [5.41, 5.74) is 4.60. The van der Waals surface area contributed by atoms with Gasteiger partial charge in [0.05, 0.1) is 12.1 Å². The summed E-state index contributed by atoms with van der Waals surface area (Å²) in [6, 6.07) is 15.8. The van der Waals surface area contributed by atoms with Crippen LogP contribution in [-0.4, -0.2) is 52.1 Å². The Balaban J connectivity index is 1.80. The third-order valence-corrected chi connectivity index (χ3v) is 5.92. The number of aromatic nitrogens is 4. The average molecular weight is 473 g/mol. The van der Waals surface area contributed by atoms with Gasteiger partial charge in [-0.05, 0) is 49.2 Å². The van der Waals surface area contributed by atoms with Crippen LogP contribution in [0.4, 0.5) is 5.69 Å². The topological polar surface area (TPSA) is 102 Å². The molecular weight excluding hydrogens is 444 g/mol. The zero-order valence-electron chi connectivity index (χ0n) is 20.0. The summed E-state index contributed by atoms with van der Waals surface area (Å²) in [4.78, 5) is 33.3. The molecule has 0 radical (unpaired) electrons. The van der Waals surface area contributed by atoms with Crippen LogP contribution in [-0.2, 0) is 20.9 Å². The van der Waals surface area contributed by atoms with E-state index in [0.717, 1.165) is 16.6 Å². The van der Waals surface area contributed by atoms with E-state index in [1.165, 1.54) is 4.90 Å². The molecule has 0 spiro atoms. The molecule has 4 aromatic rings. The number of methoxy groups -OCH3 is 1. The Hall–Kier alpha value is -4.11. The molecule has 2 heterocycles. The quantitative estimate of drug-likeness (QED) is 0.376. The molecule has 2 aromatic heterocycles. The maximum absolute atomic E-state index is 14.0. The molecule has 1 atom stereocenters. The second-order valence-electron chi connectivity index (χ2n) is 8.19. The van der Waals surface area contributed by atoms with Crippen LogP contribution in [0, 0.1) is 13.8 Å². The maximum Gasteiger partial charge on any atom is 0.249 e. The minimum Gasteiger partial charge on any atom is -0.383 e. The summed E-state index contributed by atoms with van der Waals surface area (Å²) in [6.45, 7) is 4.50. The fourth-order valence-electron chi connectivity index (χ4n) is 3.98. The van der Waals surface area contributed by atoms with Crippen LogP contribution in [0.3, 0.4) is 0 Å². The lowest BCUT2D eigenvalue weighted by molar-refractivity contribution is -0.127. The van der Waals surface area contributed by atoms with Crippen LogP contribution >= 0.6 is 0 Å². The van der Waals surface area contributed by atoms with Crippen molar-refractivity contribution >= 4 is 28.5 Å². The van der Waals surface area contributed by atoms with E-state index in [9.17, 15) is 9.59 Å². The number of para-hydroxylation sites is 1. The highest BCUT2D eigenvalue weighted by molar-refractivity contribution is 6.02. The Morgan fingerprint density at radius 1 is 1.09 bits per heavy atom. The van der Waals surface area contributed by atoms with Crippen LogP contribution in [0.1, 0.15) is 22.7 Å². The lowest BCUT2D eigenvalue weighted by Gasteiger charge is -2.32. The number of hydrogen-bond donors (Lipinski definition) is 1. The zero-order valence-corrected chi connectivity index (χ0v) is 20.0. The van der Waals surface area contributed by atoms with E-state index < -0.39 is 6.04 Å². The molecular formula is C26H28N6O3. The smallest absolute Gasteiger partial charge is 0.249 e. The first-order valence-corrected chi connectivity index (χ1v) is 11.3. The molecule has 1 unspecified atom stereocenters. The molecule has 1 N–H and O–H groups in total. The predicted octanol–water partition coefficient (Wildman–Crippen LogP) is 2.98. The number of benzene rings is 2. The number of fused-ring (bicyclic) bond motifs is 1. The Kier molecular flexibility index (Phi) is 7.47. The molecule has 4 rings (SSSR count). The van der Waals surface area contributed by atoms with E-state index in [1.54, 1.807) is 36.3 Å². The van der Waals surface area contributed by atoms with Gasteiger partial charge in [-0.25, -0.2) is 4.68 Å². The number of hydrogen-bond acceptors (Lipinski definition) is 6. The highest BCUT2D eigenvalue weighted by Gasteiger charge is 2.34. The van der Waals surface area contributed by atoms with Crippen LogP contribution in [0.2, 0.25) is 0 Å². The summed E-state index contributed by atoms with van der Waals surface area (Å²) in [5.74, 6) is -0.627. The highest BCUT2D eigenvalue weighted by Crippen LogP contribution is 2.32. The number of nitrogens with zero attached hydrogens (tertiary/aromatic N) is 5. The van der Waals surface area contributed by atoms with Crippen molar-refractivity contribution in [2.45, 2.75) is 26.4 Å². The van der Waals surface area contributed by atoms with E-state index >= 15 is 0 Å². The molecule has 9 nitrogen and oxygen atoms in total. The minimum absolute atomic E-state index is 0.0873. The minimum atomic E-state index is -0.941. The molecule has 35 heavy (non-hydrogen) atoms. The molecule has 0 bridgehead atoms. The first-order valence-electron chi connectivity index (χ1n) is 11.3. The lowest BCUT2D eigenvalue weighted by Crippen LogP contribution is -2.46. The number of ether oxygens (including phenoxy) is 1. The van der Waals surface area contributed by atoms with E-state index in [0.29, 0.717) is 29.9 Å². The van der Waals surface area contributed by atoms with Gasteiger partial charge in [0.2, 0.25) is 11.8 Å². The largest absolute Gasteiger partial charge is 0.383 e. The normalized spacial score (nSPS) is 11.9. The van der Waals surface area contributed by atoms with Gasteiger partial charge < -0.3 is 10.1 Å². The molecule has 0 saturated carbocycles. The van der Waals surface area contributed by atoms with Gasteiger partial charge in [-0.3, -0.25) is 19.5 Å². The number of anilines is 1. The molecule has 2 amide bonds. The summed E-state index contributed by atoms with van der Waals surface area (Å²) < 4.78 is 6.64. The summed E-state index contributed by atoms with van der Waals surface area (Å²) in [5, 5.41) is 11.2. The van der Waals surface area contributed by atoms with Crippen LogP contribution in [0.5, 0.6) is 0 Å². The van der Waals surface area contributed by atoms with E-state index in [4.69, 9.17) is 4.74 Å². The fraction of sp³-hybridized carbons (Fsp3) is 0.269. The Bertz CT molecular complexity index is 1320. The molecule has 0 aliphatic heterocycles. The van der Waals surface area contributed by atoms with Crippen molar-refractivity contribution in [1.82, 2.24) is 25.3 Å². The van der Waals surface area contributed by atoms with Crippen molar-refractivity contribution < 1.29 is 14.3 Å². The molecule has 0 fully saturated rings. The molecule has 0 aliphatic carbocycles. The van der Waals surface area contributed by atoms with E-state index in [-0.39, 0.29) is 18.4 Å². The van der Waals surface area contributed by atoms with Gasteiger partial charge in [0, 0.05) is 37.3 Å². The zero-order chi connectivity index (χ0) is 24.8. The second-order valence-corrected chi connectivity index (χ2v) is 8.19. The fourth-order valence-corrected chi connectivity index (χ4v) is 3.98. The van der Waals surface area contributed by atoms with E-state index in [1.807, 2.05) is 56.3 Å². The molecule has 9 heteroatoms. The first kappa shape index (κ1) is 24.0. The van der Waals surface area contributed by atoms with Crippen molar-refractivity contribution in [2.75, 3.05) is 25.2 Å². The van der Waals surface area contributed by atoms with Gasteiger partial charge in [-0.2, -0.15) is 0 Å². The first-order chi connectivity index (χ1) is 17.0. The third kappa shape index (κ3) is 5.20. The maximum atomic E-state index is 14.0. The predicted molar refractivity (Wildman–Crippen MR) is 133 cm³/mol. The van der Waals surface area contributed by atoms with Gasteiger partial charge in [0.1, 0.15) is 18.1 Å². The van der Waals surface area contributed by atoms with Crippen molar-refractivity contribution in [3.8, 4) is 0 Å². The van der Waals surface area contributed by atoms with Crippen molar-refractivity contribution in [1.29, 1.82) is 0 Å². The van der Waals surface area contributed by atoms with Gasteiger partial charge in [-0.15, -0.1) is 5.10 Å². The Morgan fingerprint density at radius 2 is 1.91 bits per heavy atom. The number of carbonyl (C=O) groups excluding carboxylic acids is 2. The summed E-state index contributed by atoms with van der Waals surface area (Å²) in [7, 11) is 1.57. The second kappa shape index (κ2) is 10.9. The van der Waals surface area contributed by atoms with Crippen LogP contribution in [0.15, 0.2) is 67.0 Å². The summed E-state index contributed by atoms with van der Waals surface area (Å²) in [6.07, 6.45) is 3.24. The van der Waals surface area contributed by atoms with Crippen LogP contribution < -0.4 is 10.2 Å². The van der Waals surface area contributed by atoms with Crippen molar-refractivity contribution in [2.24, 2.45) is 0 Å². The van der Waals surface area contributed by atoms with Crippen molar-refractivity contribution in [3.05, 3.63) is 83.7 Å². The number of nitrogens with one attached hydrogen (secondary N) is 1. The summed E-state index contributed by atoms with van der Waals surface area (Å²) >= 11 is 0. The van der Waals surface area contributed by atoms with Gasteiger partial charge in [-0.1, -0.05) is 35.5 Å². The number of amides is 2.